The second kappa shape index (κ2) is 27.8. The average molecular weight is 1500 g/mol. The first-order valence-corrected chi connectivity index (χ1v) is 41.0. The molecule has 554 valence electrons. The molecular formula is C103H83B2N7O2S. The third-order valence-electron chi connectivity index (χ3n) is 24.0. The summed E-state index contributed by atoms with van der Waals surface area (Å²) in [6.07, 6.45) is 15.0. The summed E-state index contributed by atoms with van der Waals surface area (Å²) in [6, 6.07) is 118. The fraction of sp³-hybridized carbons (Fsp3) is 0.107. The number of anilines is 17. The standard InChI is InChI=1S/C103H83B2N7O2S/c1-7-29-69(30-28-60-107-87-54-53-86-82(57-61-106(86)72-31-14-8-15-32-72)95(87)104-85-59-63-114-100(85)111(78-49-45-70(46-50-78)102(2,3)4)91-66-80(64-89(107)98(91)104)108(73-33-16-9-17-34-73)74-35-18-10-19-36-74)68-103(5,6)71-47-51-79(52-48-71)112-92-67-81(109(75-37-20-11-21-38-75)76-39-22-12-23-40-76)65-90-99(92)105(97-84-43-26-27-44-94(84)115-101(97)112)96-83-58-62-113-93(83)56-55-88(96)110(90)77-41-24-13-25-42-77/h8-59,61-67H,7,60,68H2,1-6H3/b30-28-,69-29+. The van der Waals surface area contributed by atoms with Gasteiger partial charge in [0, 0.05) is 102 Å². The van der Waals surface area contributed by atoms with E-state index in [1.807, 2.05) is 23.9 Å². The van der Waals surface area contributed by atoms with Gasteiger partial charge >= 0.3 is 0 Å². The van der Waals surface area contributed by atoms with Gasteiger partial charge in [-0.2, -0.15) is 0 Å². The summed E-state index contributed by atoms with van der Waals surface area (Å²) in [6.45, 7) is 14.3. The fourth-order valence-corrected chi connectivity index (χ4v) is 20.2. The highest BCUT2D eigenvalue weighted by molar-refractivity contribution is 7.26. The Morgan fingerprint density at radius 3 is 1.54 bits per heavy atom. The largest absolute Gasteiger partial charge is 0.464 e. The molecule has 0 amide bonds. The van der Waals surface area contributed by atoms with Crippen LogP contribution in [0.15, 0.2) is 373 Å². The van der Waals surface area contributed by atoms with Crippen LogP contribution in [0.25, 0.3) is 37.6 Å². The number of hydrogen-bond donors (Lipinski definition) is 0. The molecule has 0 radical (unpaired) electrons. The van der Waals surface area contributed by atoms with Crippen molar-refractivity contribution >= 4 is 186 Å². The van der Waals surface area contributed by atoms with Gasteiger partial charge in [0.1, 0.15) is 5.58 Å². The number of fused-ring (bicyclic) bond motifs is 14. The van der Waals surface area contributed by atoms with Crippen LogP contribution in [0.3, 0.4) is 0 Å². The lowest BCUT2D eigenvalue weighted by molar-refractivity contribution is 0.524. The maximum atomic E-state index is 6.88. The number of thiophene rings is 1. The highest BCUT2D eigenvalue weighted by Gasteiger charge is 2.49. The van der Waals surface area contributed by atoms with E-state index < -0.39 is 0 Å². The lowest BCUT2D eigenvalue weighted by atomic mass is 9.33. The number of para-hydroxylation sites is 6. The molecule has 0 saturated heterocycles. The van der Waals surface area contributed by atoms with Crippen molar-refractivity contribution in [3.63, 3.8) is 0 Å². The lowest BCUT2D eigenvalue weighted by Crippen LogP contribution is -2.61. The van der Waals surface area contributed by atoms with Gasteiger partial charge < -0.3 is 37.9 Å². The number of hydrogen-bond acceptors (Lipinski definition) is 9. The van der Waals surface area contributed by atoms with Crippen LogP contribution in [-0.4, -0.2) is 24.5 Å². The highest BCUT2D eigenvalue weighted by atomic mass is 32.1. The molecular weight excluding hydrogens is 1420 g/mol. The number of benzene rings is 13. The molecule has 4 aliphatic heterocycles. The second-order valence-electron chi connectivity index (χ2n) is 32.4. The fourth-order valence-electron chi connectivity index (χ4n) is 18.9. The molecule has 17 aromatic rings. The minimum Gasteiger partial charge on any atom is -0.464 e. The zero-order valence-electron chi connectivity index (χ0n) is 65.2. The van der Waals surface area contributed by atoms with E-state index in [0.29, 0.717) is 6.54 Å². The molecule has 9 nitrogen and oxygen atoms in total. The third kappa shape index (κ3) is 11.6. The Bertz CT molecular complexity index is 6550. The average Bonchev–Trinajstić information content (AvgIpc) is 1.66. The minimum atomic E-state index is -0.286. The predicted molar refractivity (Wildman–Crippen MR) is 487 cm³/mol. The molecule has 0 unspecified atom stereocenters. The zero-order valence-corrected chi connectivity index (χ0v) is 66.0. The molecule has 0 N–H and O–H groups in total. The van der Waals surface area contributed by atoms with Crippen molar-refractivity contribution < 1.29 is 8.83 Å². The van der Waals surface area contributed by atoms with Crippen molar-refractivity contribution in [2.45, 2.75) is 65.2 Å². The quantitative estimate of drug-likeness (QED) is 0.0660. The SMILES string of the molecule is CC/C=C(\C=C/CN1c2cc(N(c3ccccc3)c3ccccc3)cc3c2B(c2ccoc2N3c2ccc(C(C)(C)C)cc2)c2c1ccc1c2ccn1-c1ccccc1)CC(C)(C)c1ccc(N2c3cc(N(c4ccccc4)c4ccccc4)cc4c3B(c3c(ccc5occc35)N4c3ccccc3)c3c2sc2ccccc32)cc1. The van der Waals surface area contributed by atoms with Crippen molar-refractivity contribution in [2.75, 3.05) is 35.9 Å². The predicted octanol–water partition coefficient (Wildman–Crippen LogP) is 24.5. The monoisotopic (exact) mass is 1500 g/mol. The van der Waals surface area contributed by atoms with E-state index in [0.717, 1.165) is 126 Å². The van der Waals surface area contributed by atoms with Crippen molar-refractivity contribution in [3.8, 4) is 5.69 Å². The van der Waals surface area contributed by atoms with Gasteiger partial charge in [-0.1, -0.05) is 217 Å². The molecule has 8 heterocycles. The second-order valence-corrected chi connectivity index (χ2v) is 33.4. The Labute approximate surface area is 676 Å². The Morgan fingerprint density at radius 1 is 0.409 bits per heavy atom. The first kappa shape index (κ1) is 69.5. The number of aromatic nitrogens is 1. The van der Waals surface area contributed by atoms with Crippen LogP contribution < -0.4 is 62.2 Å². The van der Waals surface area contributed by atoms with Crippen LogP contribution in [0.4, 0.5) is 96.2 Å². The van der Waals surface area contributed by atoms with E-state index in [9.17, 15) is 0 Å². The normalized spacial score (nSPS) is 13.5. The summed E-state index contributed by atoms with van der Waals surface area (Å²) in [5.41, 5.74) is 30.6. The van der Waals surface area contributed by atoms with E-state index in [1.165, 1.54) is 70.2 Å². The van der Waals surface area contributed by atoms with Crippen LogP contribution in [0.5, 0.6) is 0 Å². The highest BCUT2D eigenvalue weighted by Crippen LogP contribution is 2.53. The molecule has 0 spiro atoms. The van der Waals surface area contributed by atoms with Gasteiger partial charge in [0.2, 0.25) is 0 Å². The summed E-state index contributed by atoms with van der Waals surface area (Å²) >= 11 is 1.89. The molecule has 4 aliphatic rings. The lowest BCUT2D eigenvalue weighted by Gasteiger charge is -2.44. The Kier molecular flexibility index (Phi) is 16.8. The van der Waals surface area contributed by atoms with Gasteiger partial charge in [-0.25, -0.2) is 0 Å². The molecule has 4 aromatic heterocycles. The van der Waals surface area contributed by atoms with Crippen molar-refractivity contribution in [1.29, 1.82) is 0 Å². The molecule has 12 heteroatoms. The summed E-state index contributed by atoms with van der Waals surface area (Å²) in [5, 5.41) is 4.81. The number of rotatable bonds is 17. The first-order chi connectivity index (χ1) is 56.4. The summed E-state index contributed by atoms with van der Waals surface area (Å²) in [7, 11) is 0. The summed E-state index contributed by atoms with van der Waals surface area (Å²) in [5.74, 6) is 0.827. The van der Waals surface area contributed by atoms with E-state index in [2.05, 4.69) is 421 Å². The molecule has 0 fully saturated rings. The van der Waals surface area contributed by atoms with Gasteiger partial charge in [-0.3, -0.25) is 4.90 Å². The van der Waals surface area contributed by atoms with E-state index in [-0.39, 0.29) is 24.3 Å². The molecule has 0 saturated carbocycles. The van der Waals surface area contributed by atoms with Crippen LogP contribution in [-0.2, 0) is 10.8 Å². The molecule has 0 bridgehead atoms. The van der Waals surface area contributed by atoms with Crippen molar-refractivity contribution in [2.24, 2.45) is 0 Å². The maximum Gasteiger partial charge on any atom is 0.257 e. The van der Waals surface area contributed by atoms with Gasteiger partial charge in [0.05, 0.1) is 34.4 Å². The minimum absolute atomic E-state index is 0.0347. The smallest absolute Gasteiger partial charge is 0.257 e. The van der Waals surface area contributed by atoms with Crippen LogP contribution in [0.2, 0.25) is 0 Å². The van der Waals surface area contributed by atoms with Crippen LogP contribution in [0, 0.1) is 0 Å². The Morgan fingerprint density at radius 2 is 0.922 bits per heavy atom. The number of allylic oxidation sites excluding steroid dienone is 3. The summed E-state index contributed by atoms with van der Waals surface area (Å²) in [4.78, 5) is 14.9. The Hall–Kier alpha value is -13.4. The Balaban J connectivity index is 0.691. The third-order valence-corrected chi connectivity index (χ3v) is 25.2. The van der Waals surface area contributed by atoms with Gasteiger partial charge in [0.15, 0.2) is 5.88 Å². The van der Waals surface area contributed by atoms with Gasteiger partial charge in [0.25, 0.3) is 13.4 Å². The number of furan rings is 2. The molecule has 13 aromatic carbocycles. The van der Waals surface area contributed by atoms with E-state index in [1.54, 1.807) is 0 Å². The molecule has 0 aliphatic carbocycles. The van der Waals surface area contributed by atoms with Gasteiger partial charge in [-0.15, -0.1) is 11.3 Å². The van der Waals surface area contributed by atoms with Crippen LogP contribution >= 0.6 is 11.3 Å². The molecule has 115 heavy (non-hydrogen) atoms. The van der Waals surface area contributed by atoms with Crippen molar-refractivity contribution in [1.82, 2.24) is 4.57 Å². The zero-order chi connectivity index (χ0) is 77.2. The molecule has 0 atom stereocenters. The van der Waals surface area contributed by atoms with Gasteiger partial charge in [-0.05, 0) is 248 Å². The molecule has 21 rings (SSSR count). The number of nitrogens with zero attached hydrogens (tertiary/aromatic N) is 7. The van der Waals surface area contributed by atoms with E-state index in [4.69, 9.17) is 8.83 Å². The van der Waals surface area contributed by atoms with E-state index >= 15 is 0 Å². The summed E-state index contributed by atoms with van der Waals surface area (Å²) < 4.78 is 16.8. The van der Waals surface area contributed by atoms with Crippen LogP contribution in [0.1, 0.15) is 65.5 Å². The topological polar surface area (TPSA) is 50.7 Å². The first-order valence-electron chi connectivity index (χ1n) is 40.2. The maximum absolute atomic E-state index is 6.88. The van der Waals surface area contributed by atoms with Crippen molar-refractivity contribution in [3.05, 3.63) is 375 Å².